The van der Waals surface area contributed by atoms with Gasteiger partial charge in [0.2, 0.25) is 0 Å². The Morgan fingerprint density at radius 2 is 1.52 bits per heavy atom. The van der Waals surface area contributed by atoms with Crippen LogP contribution >= 0.6 is 0 Å². The van der Waals surface area contributed by atoms with Gasteiger partial charge in [0.05, 0.1) is 31.3 Å². The second-order valence-corrected chi connectivity index (χ2v) is 8.34. The predicted molar refractivity (Wildman–Crippen MR) is 110 cm³/mol. The highest BCUT2D eigenvalue weighted by atomic mass is 32.2. The Morgan fingerprint density at radius 1 is 0.897 bits per heavy atom. The molecule has 0 aliphatic carbocycles. The first-order valence-electron chi connectivity index (χ1n) is 8.91. The minimum absolute atomic E-state index is 0.0232. The van der Waals surface area contributed by atoms with Gasteiger partial charge >= 0.3 is 0 Å². The molecule has 5 nitrogen and oxygen atoms in total. The maximum Gasteiger partial charge on any atom is 0.264 e. The first-order valence-corrected chi connectivity index (χ1v) is 10.3. The third-order valence-electron chi connectivity index (χ3n) is 4.51. The lowest BCUT2D eigenvalue weighted by atomic mass is 10.2. The van der Waals surface area contributed by atoms with Crippen LogP contribution in [0.25, 0.3) is 0 Å². The first-order chi connectivity index (χ1) is 13.8. The highest BCUT2D eigenvalue weighted by molar-refractivity contribution is 7.92. The van der Waals surface area contributed by atoms with Crippen molar-refractivity contribution >= 4 is 15.7 Å². The molecule has 29 heavy (non-hydrogen) atoms. The van der Waals surface area contributed by atoms with Crippen molar-refractivity contribution in [3.8, 4) is 11.5 Å². The summed E-state index contributed by atoms with van der Waals surface area (Å²) in [6.07, 6.45) is 0. The van der Waals surface area contributed by atoms with Gasteiger partial charge in [-0.25, -0.2) is 12.8 Å². The van der Waals surface area contributed by atoms with E-state index in [9.17, 15) is 12.8 Å². The van der Waals surface area contributed by atoms with E-state index in [0.717, 1.165) is 6.07 Å². The second-order valence-electron chi connectivity index (χ2n) is 6.48. The molecule has 152 valence electrons. The fourth-order valence-corrected chi connectivity index (χ4v) is 4.36. The van der Waals surface area contributed by atoms with Gasteiger partial charge in [-0.1, -0.05) is 24.3 Å². The number of rotatable bonds is 7. The van der Waals surface area contributed by atoms with Crippen LogP contribution in [-0.4, -0.2) is 22.6 Å². The first kappa shape index (κ1) is 20.7. The fraction of sp³-hybridized carbons (Fsp3) is 0.182. The van der Waals surface area contributed by atoms with Gasteiger partial charge in [-0.05, 0) is 54.4 Å². The van der Waals surface area contributed by atoms with Crippen molar-refractivity contribution in [2.75, 3.05) is 18.5 Å². The van der Waals surface area contributed by atoms with Crippen molar-refractivity contribution in [2.45, 2.75) is 18.4 Å². The van der Waals surface area contributed by atoms with E-state index in [-0.39, 0.29) is 11.4 Å². The second kappa shape index (κ2) is 8.53. The number of para-hydroxylation sites is 1. The van der Waals surface area contributed by atoms with E-state index >= 15 is 0 Å². The number of ether oxygens (including phenoxy) is 2. The zero-order valence-electron chi connectivity index (χ0n) is 16.4. The number of methoxy groups -OCH3 is 2. The van der Waals surface area contributed by atoms with Gasteiger partial charge in [0.15, 0.2) is 0 Å². The quantitative estimate of drug-likeness (QED) is 0.568. The Bertz CT molecular complexity index is 1080. The van der Waals surface area contributed by atoms with Crippen molar-refractivity contribution in [3.63, 3.8) is 0 Å². The van der Waals surface area contributed by atoms with Crippen LogP contribution in [0.2, 0.25) is 0 Å². The van der Waals surface area contributed by atoms with E-state index in [1.165, 1.54) is 30.7 Å². The number of sulfonamides is 1. The minimum atomic E-state index is -4.02. The molecule has 0 aromatic heterocycles. The summed E-state index contributed by atoms with van der Waals surface area (Å²) in [5, 5.41) is 0. The molecule has 3 aromatic carbocycles. The van der Waals surface area contributed by atoms with Crippen LogP contribution in [0.5, 0.6) is 11.5 Å². The third-order valence-corrected chi connectivity index (χ3v) is 6.28. The summed E-state index contributed by atoms with van der Waals surface area (Å²) in [6.45, 7) is 1.61. The number of nitrogens with zero attached hydrogens (tertiary/aromatic N) is 1. The summed E-state index contributed by atoms with van der Waals surface area (Å²) in [5.74, 6) is 0.527. The SMILES string of the molecule is COc1cc(CN(c2ccccc2)S(=O)(=O)c2ccc(C)c(F)c2)cc(OC)c1. The Labute approximate surface area is 170 Å². The third kappa shape index (κ3) is 4.51. The molecule has 0 unspecified atom stereocenters. The fourth-order valence-electron chi connectivity index (χ4n) is 2.89. The minimum Gasteiger partial charge on any atom is -0.497 e. The number of aryl methyl sites for hydroxylation is 1. The van der Waals surface area contributed by atoms with Crippen molar-refractivity contribution in [3.05, 3.63) is 83.7 Å². The van der Waals surface area contributed by atoms with Crippen molar-refractivity contribution in [1.82, 2.24) is 0 Å². The van der Waals surface area contributed by atoms with Crippen LogP contribution in [0.1, 0.15) is 11.1 Å². The summed E-state index contributed by atoms with van der Waals surface area (Å²) >= 11 is 0. The van der Waals surface area contributed by atoms with Crippen LogP contribution in [0.15, 0.2) is 71.6 Å². The maximum atomic E-state index is 14.1. The zero-order valence-corrected chi connectivity index (χ0v) is 17.2. The molecular formula is C22H22FNO4S. The summed E-state index contributed by atoms with van der Waals surface area (Å²) < 4.78 is 52.7. The standard InChI is InChI=1S/C22H22FNO4S/c1-16-9-10-21(14-22(16)23)29(25,26)24(18-7-5-4-6-8-18)15-17-11-19(27-2)13-20(12-17)28-3/h4-14H,15H2,1-3H3. The number of anilines is 1. The Kier molecular flexibility index (Phi) is 6.08. The number of hydrogen-bond donors (Lipinski definition) is 0. The van der Waals surface area contributed by atoms with Gasteiger partial charge in [0, 0.05) is 6.07 Å². The van der Waals surface area contributed by atoms with Crippen LogP contribution in [-0.2, 0) is 16.6 Å². The molecule has 0 N–H and O–H groups in total. The maximum absolute atomic E-state index is 14.1. The Hall–Kier alpha value is -3.06. The average Bonchev–Trinajstić information content (AvgIpc) is 2.74. The van der Waals surface area contributed by atoms with Crippen LogP contribution < -0.4 is 13.8 Å². The lowest BCUT2D eigenvalue weighted by Gasteiger charge is -2.25. The molecule has 0 atom stereocenters. The van der Waals surface area contributed by atoms with Gasteiger partial charge in [0.1, 0.15) is 17.3 Å². The molecule has 0 bridgehead atoms. The lowest BCUT2D eigenvalue weighted by Crippen LogP contribution is -2.30. The van der Waals surface area contributed by atoms with Gasteiger partial charge < -0.3 is 9.47 Å². The number of halogens is 1. The molecular weight excluding hydrogens is 393 g/mol. The van der Waals surface area contributed by atoms with E-state index in [1.54, 1.807) is 55.5 Å². The van der Waals surface area contributed by atoms with E-state index in [0.29, 0.717) is 28.3 Å². The molecule has 0 aliphatic heterocycles. The molecule has 0 aliphatic rings. The van der Waals surface area contributed by atoms with Gasteiger partial charge in [0.25, 0.3) is 10.0 Å². The molecule has 0 heterocycles. The van der Waals surface area contributed by atoms with Crippen LogP contribution in [0.3, 0.4) is 0 Å². The molecule has 0 radical (unpaired) electrons. The number of hydrogen-bond acceptors (Lipinski definition) is 4. The van der Waals surface area contributed by atoms with Gasteiger partial charge in [-0.15, -0.1) is 0 Å². The lowest BCUT2D eigenvalue weighted by molar-refractivity contribution is 0.393. The largest absolute Gasteiger partial charge is 0.497 e. The Morgan fingerprint density at radius 3 is 2.07 bits per heavy atom. The normalized spacial score (nSPS) is 11.2. The summed E-state index contributed by atoms with van der Waals surface area (Å²) in [4.78, 5) is -0.112. The van der Waals surface area contributed by atoms with E-state index < -0.39 is 15.8 Å². The summed E-state index contributed by atoms with van der Waals surface area (Å²) in [6, 6.07) is 17.8. The highest BCUT2D eigenvalue weighted by Crippen LogP contribution is 2.29. The number of benzene rings is 3. The van der Waals surface area contributed by atoms with Crippen molar-refractivity contribution in [1.29, 1.82) is 0 Å². The predicted octanol–water partition coefficient (Wildman–Crippen LogP) is 4.55. The van der Waals surface area contributed by atoms with E-state index in [4.69, 9.17) is 9.47 Å². The van der Waals surface area contributed by atoms with E-state index in [2.05, 4.69) is 0 Å². The van der Waals surface area contributed by atoms with Gasteiger partial charge in [-0.3, -0.25) is 4.31 Å². The molecule has 7 heteroatoms. The molecule has 0 saturated heterocycles. The van der Waals surface area contributed by atoms with Crippen LogP contribution in [0.4, 0.5) is 10.1 Å². The van der Waals surface area contributed by atoms with Gasteiger partial charge in [-0.2, -0.15) is 0 Å². The zero-order chi connectivity index (χ0) is 21.0. The molecule has 3 rings (SSSR count). The smallest absolute Gasteiger partial charge is 0.264 e. The van der Waals surface area contributed by atoms with E-state index in [1.807, 2.05) is 0 Å². The highest BCUT2D eigenvalue weighted by Gasteiger charge is 2.26. The molecule has 0 fully saturated rings. The van der Waals surface area contributed by atoms with Crippen molar-refractivity contribution in [2.24, 2.45) is 0 Å². The summed E-state index contributed by atoms with van der Waals surface area (Å²) in [5.41, 5.74) is 1.52. The molecule has 3 aromatic rings. The topological polar surface area (TPSA) is 55.8 Å². The van der Waals surface area contributed by atoms with Crippen molar-refractivity contribution < 1.29 is 22.3 Å². The molecule has 0 saturated carbocycles. The van der Waals surface area contributed by atoms with Crippen LogP contribution in [0, 0.1) is 12.7 Å². The monoisotopic (exact) mass is 415 g/mol. The average molecular weight is 415 g/mol. The molecule has 0 spiro atoms. The summed E-state index contributed by atoms with van der Waals surface area (Å²) in [7, 11) is -0.965. The Balaban J connectivity index is 2.10. The molecule has 0 amide bonds.